The van der Waals surface area contributed by atoms with E-state index in [0.717, 1.165) is 5.56 Å². The Morgan fingerprint density at radius 3 is 2.29 bits per heavy atom. The van der Waals surface area contributed by atoms with Crippen LogP contribution in [0, 0.1) is 11.3 Å². The van der Waals surface area contributed by atoms with Gasteiger partial charge in [0, 0.05) is 6.07 Å². The van der Waals surface area contributed by atoms with E-state index in [9.17, 15) is 8.42 Å². The average Bonchev–Trinajstić information content (AvgIpc) is 2.82. The number of nitriles is 1. The molecule has 0 fully saturated rings. The molecule has 0 N–H and O–H groups in total. The van der Waals surface area contributed by atoms with Gasteiger partial charge in [0.05, 0.1) is 35.9 Å². The highest BCUT2D eigenvalue weighted by Gasteiger charge is 2.27. The Bertz CT molecular complexity index is 1220. The van der Waals surface area contributed by atoms with Crippen LogP contribution in [0.3, 0.4) is 0 Å². The van der Waals surface area contributed by atoms with E-state index in [1.165, 1.54) is 16.4 Å². The second-order valence-corrected chi connectivity index (χ2v) is 8.69. The first-order chi connectivity index (χ1) is 15.0. The van der Waals surface area contributed by atoms with E-state index in [-0.39, 0.29) is 11.4 Å². The third-order valence-electron chi connectivity index (χ3n) is 4.87. The Hall–Kier alpha value is -3.70. The smallest absolute Gasteiger partial charge is 0.264 e. The first kappa shape index (κ1) is 20.6. The number of ether oxygens (including phenoxy) is 3. The zero-order valence-electron chi connectivity index (χ0n) is 16.8. The van der Waals surface area contributed by atoms with Crippen LogP contribution in [0.2, 0.25) is 0 Å². The molecule has 7 nitrogen and oxygen atoms in total. The molecule has 0 aromatic heterocycles. The molecule has 3 aromatic rings. The lowest BCUT2D eigenvalue weighted by Crippen LogP contribution is -2.30. The van der Waals surface area contributed by atoms with Gasteiger partial charge in [-0.15, -0.1) is 0 Å². The third kappa shape index (κ3) is 4.27. The zero-order chi connectivity index (χ0) is 21.8. The summed E-state index contributed by atoms with van der Waals surface area (Å²) < 4.78 is 44.9. The van der Waals surface area contributed by atoms with E-state index >= 15 is 0 Å². The summed E-state index contributed by atoms with van der Waals surface area (Å²) in [4.78, 5) is 0.0983. The molecular formula is C23H20N2O5S. The van der Waals surface area contributed by atoms with Crippen LogP contribution in [0.4, 0.5) is 5.69 Å². The van der Waals surface area contributed by atoms with Crippen molar-refractivity contribution in [3.63, 3.8) is 0 Å². The van der Waals surface area contributed by atoms with Gasteiger partial charge in [-0.05, 0) is 54.1 Å². The van der Waals surface area contributed by atoms with Crippen molar-refractivity contribution in [2.45, 2.75) is 11.4 Å². The number of fused-ring (bicyclic) bond motifs is 1. The second-order valence-electron chi connectivity index (χ2n) is 6.82. The summed E-state index contributed by atoms with van der Waals surface area (Å²) in [7, 11) is -2.38. The van der Waals surface area contributed by atoms with E-state index in [1.807, 2.05) is 0 Å². The molecule has 0 saturated heterocycles. The van der Waals surface area contributed by atoms with Crippen molar-refractivity contribution in [3.8, 4) is 23.3 Å². The lowest BCUT2D eigenvalue weighted by atomic mass is 10.1. The number of hydrogen-bond donors (Lipinski definition) is 0. The maximum atomic E-state index is 13.6. The van der Waals surface area contributed by atoms with E-state index < -0.39 is 10.0 Å². The zero-order valence-corrected chi connectivity index (χ0v) is 17.6. The van der Waals surface area contributed by atoms with Crippen molar-refractivity contribution in [3.05, 3.63) is 77.9 Å². The molecule has 1 aliphatic heterocycles. The molecule has 0 saturated carbocycles. The minimum absolute atomic E-state index is 0.0921. The maximum absolute atomic E-state index is 13.6. The standard InChI is InChI=1S/C23H20N2O5S/c1-28-20-8-6-19(7-9-20)25(16-18-4-2-17(15-24)3-5-18)31(26,27)21-10-11-22-23(14-21)30-13-12-29-22/h2-11,14H,12-13,16H2,1H3. The first-order valence-electron chi connectivity index (χ1n) is 9.57. The molecule has 158 valence electrons. The van der Waals surface area contributed by atoms with E-state index in [0.29, 0.717) is 41.7 Å². The summed E-state index contributed by atoms with van der Waals surface area (Å²) >= 11 is 0. The molecule has 0 unspecified atom stereocenters. The molecule has 1 aliphatic rings. The van der Waals surface area contributed by atoms with Gasteiger partial charge in [0.15, 0.2) is 11.5 Å². The Morgan fingerprint density at radius 2 is 1.65 bits per heavy atom. The number of methoxy groups -OCH3 is 1. The van der Waals surface area contributed by atoms with Crippen molar-refractivity contribution in [2.75, 3.05) is 24.6 Å². The number of rotatable bonds is 6. The molecular weight excluding hydrogens is 416 g/mol. The number of nitrogens with zero attached hydrogens (tertiary/aromatic N) is 2. The molecule has 0 atom stereocenters. The van der Waals surface area contributed by atoms with Crippen LogP contribution in [0.5, 0.6) is 17.2 Å². The predicted molar refractivity (Wildman–Crippen MR) is 115 cm³/mol. The lowest BCUT2D eigenvalue weighted by Gasteiger charge is -2.26. The minimum Gasteiger partial charge on any atom is -0.497 e. The molecule has 0 bridgehead atoms. The topological polar surface area (TPSA) is 88.9 Å². The summed E-state index contributed by atoms with van der Waals surface area (Å²) in [6.45, 7) is 0.883. The molecule has 8 heteroatoms. The SMILES string of the molecule is COc1ccc(N(Cc2ccc(C#N)cc2)S(=O)(=O)c2ccc3c(c2)OCCO3)cc1. The van der Waals surface area contributed by atoms with Crippen molar-refractivity contribution < 1.29 is 22.6 Å². The van der Waals surface area contributed by atoms with Gasteiger partial charge in [-0.1, -0.05) is 12.1 Å². The van der Waals surface area contributed by atoms with Crippen LogP contribution in [0.1, 0.15) is 11.1 Å². The Morgan fingerprint density at radius 1 is 0.968 bits per heavy atom. The summed E-state index contributed by atoms with van der Waals surface area (Å²) in [5.41, 5.74) is 1.74. The molecule has 31 heavy (non-hydrogen) atoms. The van der Waals surface area contributed by atoms with Crippen LogP contribution >= 0.6 is 0 Å². The highest BCUT2D eigenvalue weighted by atomic mass is 32.2. The fraction of sp³-hybridized carbons (Fsp3) is 0.174. The van der Waals surface area contributed by atoms with Crippen LogP contribution in [0.25, 0.3) is 0 Å². The number of hydrogen-bond acceptors (Lipinski definition) is 6. The number of sulfonamides is 1. The molecule has 4 rings (SSSR count). The van der Waals surface area contributed by atoms with Gasteiger partial charge in [-0.3, -0.25) is 4.31 Å². The van der Waals surface area contributed by atoms with Gasteiger partial charge < -0.3 is 14.2 Å². The van der Waals surface area contributed by atoms with Gasteiger partial charge in [0.25, 0.3) is 10.0 Å². The number of anilines is 1. The van der Waals surface area contributed by atoms with Crippen LogP contribution < -0.4 is 18.5 Å². The molecule has 0 amide bonds. The highest BCUT2D eigenvalue weighted by molar-refractivity contribution is 7.92. The molecule has 0 radical (unpaired) electrons. The van der Waals surface area contributed by atoms with Gasteiger partial charge in [-0.25, -0.2) is 8.42 Å². The van der Waals surface area contributed by atoms with Gasteiger partial charge in [-0.2, -0.15) is 5.26 Å². The Kier molecular flexibility index (Phi) is 5.69. The lowest BCUT2D eigenvalue weighted by molar-refractivity contribution is 0.171. The maximum Gasteiger partial charge on any atom is 0.264 e. The normalized spacial score (nSPS) is 12.6. The first-order valence-corrected chi connectivity index (χ1v) is 11.0. The van der Waals surface area contributed by atoms with Crippen molar-refractivity contribution in [1.82, 2.24) is 0 Å². The highest BCUT2D eigenvalue weighted by Crippen LogP contribution is 2.35. The van der Waals surface area contributed by atoms with E-state index in [1.54, 1.807) is 61.7 Å². The minimum atomic E-state index is -3.93. The quantitative estimate of drug-likeness (QED) is 0.585. The van der Waals surface area contributed by atoms with Crippen LogP contribution in [0.15, 0.2) is 71.6 Å². The monoisotopic (exact) mass is 436 g/mol. The summed E-state index contributed by atoms with van der Waals surface area (Å²) in [5, 5.41) is 9.02. The molecule has 3 aromatic carbocycles. The third-order valence-corrected chi connectivity index (χ3v) is 6.64. The Labute approximate surface area is 181 Å². The summed E-state index contributed by atoms with van der Waals surface area (Å²) in [6.07, 6.45) is 0. The molecule has 1 heterocycles. The van der Waals surface area contributed by atoms with Crippen molar-refractivity contribution in [2.24, 2.45) is 0 Å². The Balaban J connectivity index is 1.75. The van der Waals surface area contributed by atoms with Gasteiger partial charge in [0.1, 0.15) is 19.0 Å². The second kappa shape index (κ2) is 8.58. The predicted octanol–water partition coefficient (Wildman–Crippen LogP) is 3.73. The van der Waals surface area contributed by atoms with Crippen LogP contribution in [-0.2, 0) is 16.6 Å². The number of benzene rings is 3. The van der Waals surface area contributed by atoms with Gasteiger partial charge >= 0.3 is 0 Å². The fourth-order valence-electron chi connectivity index (χ4n) is 3.23. The van der Waals surface area contributed by atoms with E-state index in [4.69, 9.17) is 19.5 Å². The van der Waals surface area contributed by atoms with Crippen LogP contribution in [-0.4, -0.2) is 28.7 Å². The van der Waals surface area contributed by atoms with Crippen molar-refractivity contribution in [1.29, 1.82) is 5.26 Å². The molecule has 0 spiro atoms. The van der Waals surface area contributed by atoms with Gasteiger partial charge in [0.2, 0.25) is 0 Å². The summed E-state index contributed by atoms with van der Waals surface area (Å²) in [5.74, 6) is 1.55. The van der Waals surface area contributed by atoms with Crippen molar-refractivity contribution >= 4 is 15.7 Å². The largest absolute Gasteiger partial charge is 0.497 e. The molecule has 0 aliphatic carbocycles. The average molecular weight is 436 g/mol. The van der Waals surface area contributed by atoms with E-state index in [2.05, 4.69) is 6.07 Å². The summed E-state index contributed by atoms with van der Waals surface area (Å²) in [6, 6.07) is 20.3. The fourth-order valence-corrected chi connectivity index (χ4v) is 4.69.